The Hall–Kier alpha value is -2.52. The van der Waals surface area contributed by atoms with Gasteiger partial charge in [0.05, 0.1) is 44.5 Å². The molecule has 1 aliphatic rings. The van der Waals surface area contributed by atoms with Crippen molar-refractivity contribution in [1.82, 2.24) is 9.88 Å². The second-order valence-corrected chi connectivity index (χ2v) is 7.72. The Morgan fingerprint density at radius 3 is 2.63 bits per heavy atom. The van der Waals surface area contributed by atoms with Gasteiger partial charge in [-0.1, -0.05) is 11.3 Å². The number of rotatable bonds is 7. The molecule has 0 unspecified atom stereocenters. The Kier molecular flexibility index (Phi) is 5.71. The summed E-state index contributed by atoms with van der Waals surface area (Å²) >= 11 is 1.40. The predicted octanol–water partition coefficient (Wildman–Crippen LogP) is -0.0686. The van der Waals surface area contributed by atoms with E-state index in [2.05, 4.69) is 4.98 Å². The summed E-state index contributed by atoms with van der Waals surface area (Å²) in [6, 6.07) is 5.58. The lowest BCUT2D eigenvalue weighted by Crippen LogP contribution is -3.06. The zero-order valence-corrected chi connectivity index (χ0v) is 16.5. The molecule has 1 aromatic heterocycles. The Morgan fingerprint density at radius 2 is 2.00 bits per heavy atom. The zero-order chi connectivity index (χ0) is 19.6. The van der Waals surface area contributed by atoms with Crippen LogP contribution in [0.4, 0.5) is 5.13 Å². The molecule has 144 valence electrons. The van der Waals surface area contributed by atoms with Crippen molar-refractivity contribution in [2.75, 3.05) is 45.7 Å². The van der Waals surface area contributed by atoms with Gasteiger partial charge in [-0.3, -0.25) is 24.2 Å². The van der Waals surface area contributed by atoms with Crippen molar-refractivity contribution in [3.8, 4) is 5.75 Å². The van der Waals surface area contributed by atoms with E-state index in [1.807, 2.05) is 32.3 Å². The fourth-order valence-electron chi connectivity index (χ4n) is 2.82. The lowest BCUT2D eigenvalue weighted by atomic mass is 10.3. The zero-order valence-electron chi connectivity index (χ0n) is 15.7. The summed E-state index contributed by atoms with van der Waals surface area (Å²) in [5, 5.41) is 0.559. The summed E-state index contributed by atoms with van der Waals surface area (Å²) in [4.78, 5) is 45.0. The minimum absolute atomic E-state index is 0.175. The van der Waals surface area contributed by atoms with Crippen molar-refractivity contribution in [1.29, 1.82) is 0 Å². The Labute approximate surface area is 161 Å². The van der Waals surface area contributed by atoms with Crippen LogP contribution < -0.4 is 14.5 Å². The summed E-state index contributed by atoms with van der Waals surface area (Å²) in [5.74, 6) is -0.185. The van der Waals surface area contributed by atoms with E-state index >= 15 is 0 Å². The number of anilines is 1. The predicted molar refractivity (Wildman–Crippen MR) is 102 cm³/mol. The number of likely N-dealkylation sites (tertiary alicyclic amines) is 1. The molecule has 0 saturated carbocycles. The number of thiazole rings is 1. The SMILES string of the molecule is COc1ccc2sc(N(CC[NH+](C)C)C(=O)CN3C(=O)CCC3=O)nc2c1. The number of carbonyl (C=O) groups is 3. The van der Waals surface area contributed by atoms with Crippen LogP contribution in [0.15, 0.2) is 18.2 Å². The number of carbonyl (C=O) groups excluding carboxylic acids is 3. The van der Waals surface area contributed by atoms with Gasteiger partial charge >= 0.3 is 0 Å². The average molecular weight is 391 g/mol. The first-order chi connectivity index (χ1) is 12.9. The largest absolute Gasteiger partial charge is 0.497 e. The Balaban J connectivity index is 1.87. The van der Waals surface area contributed by atoms with Gasteiger partial charge in [0.2, 0.25) is 17.7 Å². The van der Waals surface area contributed by atoms with Gasteiger partial charge in [-0.05, 0) is 12.1 Å². The molecule has 1 aromatic carbocycles. The molecule has 0 radical (unpaired) electrons. The highest BCUT2D eigenvalue weighted by Gasteiger charge is 2.33. The second-order valence-electron chi connectivity index (χ2n) is 6.71. The van der Waals surface area contributed by atoms with Crippen LogP contribution in [0.3, 0.4) is 0 Å². The Morgan fingerprint density at radius 1 is 1.30 bits per heavy atom. The molecule has 2 heterocycles. The molecule has 3 amide bonds. The summed E-state index contributed by atoms with van der Waals surface area (Å²) in [6.07, 6.45) is 0.351. The van der Waals surface area contributed by atoms with Gasteiger partial charge in [0.1, 0.15) is 12.3 Å². The van der Waals surface area contributed by atoms with Crippen LogP contribution in [0.5, 0.6) is 5.75 Å². The number of nitrogens with one attached hydrogen (secondary N) is 1. The molecule has 2 aromatic rings. The maximum Gasteiger partial charge on any atom is 0.249 e. The van der Waals surface area contributed by atoms with Crippen LogP contribution in [0, 0.1) is 0 Å². The van der Waals surface area contributed by atoms with Gasteiger partial charge in [0.15, 0.2) is 5.13 Å². The molecule has 0 atom stereocenters. The molecule has 0 spiro atoms. The van der Waals surface area contributed by atoms with E-state index in [1.165, 1.54) is 16.2 Å². The smallest absolute Gasteiger partial charge is 0.249 e. The number of nitrogens with zero attached hydrogens (tertiary/aromatic N) is 3. The first kappa shape index (κ1) is 19.2. The van der Waals surface area contributed by atoms with Crippen LogP contribution in [0.25, 0.3) is 10.2 Å². The van der Waals surface area contributed by atoms with Crippen LogP contribution in [0.2, 0.25) is 0 Å². The number of quaternary nitrogens is 1. The number of benzene rings is 1. The molecule has 0 aliphatic carbocycles. The first-order valence-electron chi connectivity index (χ1n) is 8.76. The van der Waals surface area contributed by atoms with E-state index in [-0.39, 0.29) is 37.1 Å². The third kappa shape index (κ3) is 4.25. The lowest BCUT2D eigenvalue weighted by molar-refractivity contribution is -0.856. The number of likely N-dealkylation sites (N-methyl/N-ethyl adjacent to an activating group) is 1. The van der Waals surface area contributed by atoms with E-state index in [0.717, 1.165) is 15.1 Å². The molecule has 9 heteroatoms. The lowest BCUT2D eigenvalue weighted by Gasteiger charge is -2.23. The number of methoxy groups -OCH3 is 1. The highest BCUT2D eigenvalue weighted by atomic mass is 32.1. The standard InChI is InChI=1S/C18H22N4O4S/c1-20(2)8-9-21(17(25)11-22-15(23)6-7-16(22)24)18-19-13-10-12(26-3)4-5-14(13)27-18/h4-5,10H,6-9,11H2,1-3H3/p+1. The third-order valence-electron chi connectivity index (χ3n) is 4.40. The van der Waals surface area contributed by atoms with E-state index in [0.29, 0.717) is 24.0 Å². The third-order valence-corrected chi connectivity index (χ3v) is 5.46. The fraction of sp³-hybridized carbons (Fsp3) is 0.444. The van der Waals surface area contributed by atoms with Crippen molar-refractivity contribution in [3.63, 3.8) is 0 Å². The van der Waals surface area contributed by atoms with Gasteiger partial charge in [-0.2, -0.15) is 0 Å². The van der Waals surface area contributed by atoms with Crippen molar-refractivity contribution >= 4 is 44.4 Å². The summed E-state index contributed by atoms with van der Waals surface area (Å²) < 4.78 is 6.17. The van der Waals surface area contributed by atoms with Gasteiger partial charge in [-0.15, -0.1) is 0 Å². The van der Waals surface area contributed by atoms with Crippen LogP contribution >= 0.6 is 11.3 Å². The van der Waals surface area contributed by atoms with E-state index < -0.39 is 0 Å². The number of hydrogen-bond donors (Lipinski definition) is 1. The number of amides is 3. The molecule has 8 nitrogen and oxygen atoms in total. The van der Waals surface area contributed by atoms with Crippen molar-refractivity contribution in [2.24, 2.45) is 0 Å². The van der Waals surface area contributed by atoms with Gasteiger partial charge in [0.25, 0.3) is 0 Å². The van der Waals surface area contributed by atoms with Crippen molar-refractivity contribution in [2.45, 2.75) is 12.8 Å². The fourth-order valence-corrected chi connectivity index (χ4v) is 3.81. The first-order valence-corrected chi connectivity index (χ1v) is 9.58. The average Bonchev–Trinajstić information content (AvgIpc) is 3.19. The van der Waals surface area contributed by atoms with E-state index in [9.17, 15) is 14.4 Å². The maximum atomic E-state index is 12.9. The number of hydrogen-bond acceptors (Lipinski definition) is 6. The molecule has 0 bridgehead atoms. The Bertz CT molecular complexity index is 863. The summed E-state index contributed by atoms with van der Waals surface area (Å²) in [7, 11) is 5.59. The number of ether oxygens (including phenoxy) is 1. The van der Waals surface area contributed by atoms with Crippen molar-refractivity contribution in [3.05, 3.63) is 18.2 Å². The quantitative estimate of drug-likeness (QED) is 0.668. The highest BCUT2D eigenvalue weighted by Crippen LogP contribution is 2.31. The normalized spacial score (nSPS) is 14.4. The van der Waals surface area contributed by atoms with Gasteiger partial charge in [-0.25, -0.2) is 4.98 Å². The molecule has 27 heavy (non-hydrogen) atoms. The minimum Gasteiger partial charge on any atom is -0.497 e. The van der Waals surface area contributed by atoms with E-state index in [4.69, 9.17) is 4.74 Å². The monoisotopic (exact) mass is 391 g/mol. The van der Waals surface area contributed by atoms with Crippen LogP contribution in [0.1, 0.15) is 12.8 Å². The summed E-state index contributed by atoms with van der Waals surface area (Å²) in [5.41, 5.74) is 0.748. The van der Waals surface area contributed by atoms with Crippen LogP contribution in [-0.4, -0.2) is 68.4 Å². The molecule has 3 rings (SSSR count). The minimum atomic E-state index is -0.300. The van der Waals surface area contributed by atoms with Gasteiger partial charge < -0.3 is 9.64 Å². The summed E-state index contributed by atoms with van der Waals surface area (Å²) in [6.45, 7) is 0.931. The highest BCUT2D eigenvalue weighted by molar-refractivity contribution is 7.22. The second kappa shape index (κ2) is 8.01. The number of aromatic nitrogens is 1. The molecule has 1 aliphatic heterocycles. The molecule has 1 N–H and O–H groups in total. The van der Waals surface area contributed by atoms with Crippen LogP contribution in [-0.2, 0) is 14.4 Å². The number of imide groups is 1. The molecule has 1 fully saturated rings. The molecular weight excluding hydrogens is 368 g/mol. The van der Waals surface area contributed by atoms with E-state index in [1.54, 1.807) is 12.0 Å². The maximum absolute atomic E-state index is 12.9. The number of fused-ring (bicyclic) bond motifs is 1. The van der Waals surface area contributed by atoms with Gasteiger partial charge in [0, 0.05) is 18.9 Å². The topological polar surface area (TPSA) is 84.3 Å². The molecular formula is C18H23N4O4S+. The van der Waals surface area contributed by atoms with Crippen molar-refractivity contribution < 1.29 is 24.0 Å². The molecule has 1 saturated heterocycles.